The predicted octanol–water partition coefficient (Wildman–Crippen LogP) is 8.17. The number of benzene rings is 2. The van der Waals surface area contributed by atoms with Crippen LogP contribution in [0.5, 0.6) is 0 Å². The summed E-state index contributed by atoms with van der Waals surface area (Å²) in [6.45, 7) is 13.2. The Morgan fingerprint density at radius 2 is 1.66 bits per heavy atom. The molecule has 7 heteroatoms. The van der Waals surface area contributed by atoms with E-state index in [1.165, 1.54) is 46.6 Å². The Morgan fingerprint density at radius 3 is 2.32 bits per heavy atom. The number of hydrogen-bond donors (Lipinski definition) is 1. The molecule has 0 radical (unpaired) electrons. The SMILES string of the molecule is Cc1cccc(C)c1-n1c(C)cc(C2C(c3ccccn3)NC(=S)N2c2ccc(N3CCC(C)CC3)c(Cl)c2)c1C. The number of halogens is 1. The quantitative estimate of drug-likeness (QED) is 0.240. The van der Waals surface area contributed by atoms with Crippen molar-refractivity contribution in [2.75, 3.05) is 22.9 Å². The summed E-state index contributed by atoms with van der Waals surface area (Å²) in [6.07, 6.45) is 4.24. The van der Waals surface area contributed by atoms with Crippen molar-refractivity contribution < 1.29 is 0 Å². The van der Waals surface area contributed by atoms with Gasteiger partial charge >= 0.3 is 0 Å². The summed E-state index contributed by atoms with van der Waals surface area (Å²) in [5.41, 5.74) is 10.4. The van der Waals surface area contributed by atoms with E-state index in [0.29, 0.717) is 5.11 Å². The van der Waals surface area contributed by atoms with E-state index < -0.39 is 0 Å². The molecule has 0 amide bonds. The monoisotopic (exact) mass is 583 g/mol. The maximum absolute atomic E-state index is 7.00. The second kappa shape index (κ2) is 11.1. The summed E-state index contributed by atoms with van der Waals surface area (Å²) in [5, 5.41) is 5.06. The lowest BCUT2D eigenvalue weighted by molar-refractivity contribution is 0.438. The molecule has 212 valence electrons. The first-order valence-electron chi connectivity index (χ1n) is 14.5. The van der Waals surface area contributed by atoms with E-state index in [0.717, 1.165) is 41.1 Å². The van der Waals surface area contributed by atoms with Gasteiger partial charge in [0.1, 0.15) is 0 Å². The molecule has 2 atom stereocenters. The molecule has 0 aliphatic carbocycles. The van der Waals surface area contributed by atoms with Crippen molar-refractivity contribution in [2.45, 2.75) is 59.5 Å². The molecule has 0 spiro atoms. The molecule has 2 aliphatic rings. The fourth-order valence-electron chi connectivity index (χ4n) is 6.69. The topological polar surface area (TPSA) is 36.3 Å². The van der Waals surface area contributed by atoms with Crippen molar-refractivity contribution in [2.24, 2.45) is 5.92 Å². The third-order valence-electron chi connectivity index (χ3n) is 8.88. The van der Waals surface area contributed by atoms with Gasteiger partial charge in [-0.25, -0.2) is 0 Å². The molecule has 4 aromatic rings. The fourth-order valence-corrected chi connectivity index (χ4v) is 7.33. The number of anilines is 2. The van der Waals surface area contributed by atoms with Crippen molar-refractivity contribution in [3.8, 4) is 5.69 Å². The van der Waals surface area contributed by atoms with E-state index in [-0.39, 0.29) is 12.1 Å². The van der Waals surface area contributed by atoms with Crippen LogP contribution in [0.4, 0.5) is 11.4 Å². The number of aryl methyl sites for hydroxylation is 3. The Morgan fingerprint density at radius 1 is 0.927 bits per heavy atom. The summed E-state index contributed by atoms with van der Waals surface area (Å²) in [4.78, 5) is 9.41. The first-order valence-corrected chi connectivity index (χ1v) is 15.3. The van der Waals surface area contributed by atoms with E-state index in [1.54, 1.807) is 0 Å². The molecule has 2 unspecified atom stereocenters. The van der Waals surface area contributed by atoms with E-state index in [9.17, 15) is 0 Å². The number of pyridine rings is 1. The van der Waals surface area contributed by atoms with Crippen molar-refractivity contribution in [1.82, 2.24) is 14.9 Å². The molecule has 2 aromatic carbocycles. The number of piperidine rings is 1. The Labute approximate surface area is 254 Å². The molecule has 2 saturated heterocycles. The molecule has 2 fully saturated rings. The third-order valence-corrected chi connectivity index (χ3v) is 9.50. The smallest absolute Gasteiger partial charge is 0.174 e. The van der Waals surface area contributed by atoms with Gasteiger partial charge < -0.3 is 19.7 Å². The highest BCUT2D eigenvalue weighted by Crippen LogP contribution is 2.45. The Kier molecular flexibility index (Phi) is 7.56. The molecule has 0 bridgehead atoms. The molecule has 41 heavy (non-hydrogen) atoms. The van der Waals surface area contributed by atoms with Gasteiger partial charge in [0.05, 0.1) is 34.2 Å². The van der Waals surface area contributed by atoms with Gasteiger partial charge in [0, 0.05) is 36.4 Å². The van der Waals surface area contributed by atoms with Crippen LogP contribution >= 0.6 is 23.8 Å². The van der Waals surface area contributed by atoms with E-state index in [4.69, 9.17) is 28.8 Å². The second-order valence-corrected chi connectivity index (χ2v) is 12.5. The van der Waals surface area contributed by atoms with Crippen LogP contribution in [0.3, 0.4) is 0 Å². The Bertz CT molecular complexity index is 1570. The van der Waals surface area contributed by atoms with Gasteiger partial charge in [-0.3, -0.25) is 4.98 Å². The van der Waals surface area contributed by atoms with Crippen molar-refractivity contribution in [3.63, 3.8) is 0 Å². The largest absolute Gasteiger partial charge is 0.370 e. The normalized spacial score (nSPS) is 19.6. The van der Waals surface area contributed by atoms with Crippen LogP contribution < -0.4 is 15.1 Å². The minimum atomic E-state index is -0.113. The molecule has 2 aromatic heterocycles. The van der Waals surface area contributed by atoms with E-state index in [1.807, 2.05) is 18.3 Å². The zero-order chi connectivity index (χ0) is 28.8. The van der Waals surface area contributed by atoms with Crippen LogP contribution in [-0.4, -0.2) is 27.8 Å². The minimum absolute atomic E-state index is 0.0978. The number of nitrogens with zero attached hydrogens (tertiary/aromatic N) is 4. The van der Waals surface area contributed by atoms with Crippen LogP contribution in [0.2, 0.25) is 5.02 Å². The highest BCUT2D eigenvalue weighted by molar-refractivity contribution is 7.80. The molecule has 2 aliphatic heterocycles. The highest BCUT2D eigenvalue weighted by atomic mass is 35.5. The van der Waals surface area contributed by atoms with Crippen LogP contribution in [0, 0.1) is 33.6 Å². The van der Waals surface area contributed by atoms with Gasteiger partial charge in [-0.05, 0) is 112 Å². The lowest BCUT2D eigenvalue weighted by Crippen LogP contribution is -2.33. The molecule has 0 saturated carbocycles. The molecule has 1 N–H and O–H groups in total. The number of rotatable bonds is 5. The molecule has 6 rings (SSSR count). The molecule has 4 heterocycles. The van der Waals surface area contributed by atoms with Crippen LogP contribution in [0.15, 0.2) is 66.9 Å². The number of aromatic nitrogens is 2. The first-order chi connectivity index (χ1) is 19.7. The zero-order valence-corrected chi connectivity index (χ0v) is 26.1. The lowest BCUT2D eigenvalue weighted by atomic mass is 9.96. The number of nitrogens with one attached hydrogen (secondary N) is 1. The fraction of sp³-hybridized carbons (Fsp3) is 0.353. The second-order valence-electron chi connectivity index (χ2n) is 11.7. The maximum Gasteiger partial charge on any atom is 0.174 e. The predicted molar refractivity (Wildman–Crippen MR) is 175 cm³/mol. The summed E-state index contributed by atoms with van der Waals surface area (Å²) in [6, 6.07) is 21.1. The molecule has 5 nitrogen and oxygen atoms in total. The summed E-state index contributed by atoms with van der Waals surface area (Å²) >= 11 is 13.0. The summed E-state index contributed by atoms with van der Waals surface area (Å²) in [5.74, 6) is 0.768. The van der Waals surface area contributed by atoms with Gasteiger partial charge in [0.2, 0.25) is 0 Å². The lowest BCUT2D eigenvalue weighted by Gasteiger charge is -2.33. The van der Waals surface area contributed by atoms with Gasteiger partial charge in [-0.1, -0.05) is 42.8 Å². The van der Waals surface area contributed by atoms with Crippen molar-refractivity contribution >= 4 is 40.3 Å². The van der Waals surface area contributed by atoms with Gasteiger partial charge in [-0.15, -0.1) is 0 Å². The van der Waals surface area contributed by atoms with E-state index in [2.05, 4.69) is 103 Å². The Balaban J connectivity index is 1.46. The number of para-hydroxylation sites is 1. The van der Waals surface area contributed by atoms with Crippen molar-refractivity contribution in [3.05, 3.63) is 106 Å². The van der Waals surface area contributed by atoms with Gasteiger partial charge in [-0.2, -0.15) is 0 Å². The van der Waals surface area contributed by atoms with Gasteiger partial charge in [0.25, 0.3) is 0 Å². The van der Waals surface area contributed by atoms with Crippen LogP contribution in [0.25, 0.3) is 5.69 Å². The average Bonchev–Trinajstić information content (AvgIpc) is 3.45. The summed E-state index contributed by atoms with van der Waals surface area (Å²) in [7, 11) is 0. The molecular formula is C34H38ClN5S. The third kappa shape index (κ3) is 5.02. The minimum Gasteiger partial charge on any atom is -0.370 e. The highest BCUT2D eigenvalue weighted by Gasteiger charge is 2.42. The van der Waals surface area contributed by atoms with E-state index >= 15 is 0 Å². The number of hydrogen-bond acceptors (Lipinski definition) is 3. The van der Waals surface area contributed by atoms with Crippen LogP contribution in [0.1, 0.15) is 65.6 Å². The van der Waals surface area contributed by atoms with Crippen molar-refractivity contribution in [1.29, 1.82) is 0 Å². The average molecular weight is 584 g/mol. The Hall–Kier alpha value is -3.35. The molecular weight excluding hydrogens is 546 g/mol. The van der Waals surface area contributed by atoms with Crippen LogP contribution in [-0.2, 0) is 0 Å². The first kappa shape index (κ1) is 27.8. The maximum atomic E-state index is 7.00. The standard InChI is InChI=1S/C34H38ClN5S/c1-21-14-17-38(18-15-21)30-13-12-26(20-28(30)35)40-33(31(37-34(40)41)29-11-6-7-16-36-29)27-19-24(4)39(25(27)5)32-22(2)9-8-10-23(32)3/h6-13,16,19-21,31,33H,14-15,17-18H2,1-5H3,(H,37,41). The summed E-state index contributed by atoms with van der Waals surface area (Å²) < 4.78 is 2.39. The van der Waals surface area contributed by atoms with Gasteiger partial charge in [0.15, 0.2) is 5.11 Å². The zero-order valence-electron chi connectivity index (χ0n) is 24.5. The number of thiocarbonyl (C=S) groups is 1.